The molecule has 116 valence electrons. The number of aromatic carboxylic acids is 1. The Bertz CT molecular complexity index is 795. The van der Waals surface area contributed by atoms with Crippen LogP contribution in [0.5, 0.6) is 0 Å². The zero-order valence-electron chi connectivity index (χ0n) is 11.6. The molecule has 0 bridgehead atoms. The zero-order valence-corrected chi connectivity index (χ0v) is 12.4. The van der Waals surface area contributed by atoms with Crippen molar-refractivity contribution < 1.29 is 18.3 Å². The Morgan fingerprint density at radius 1 is 1.18 bits per heavy atom. The Kier molecular flexibility index (Phi) is 3.67. The van der Waals surface area contributed by atoms with Crippen molar-refractivity contribution in [1.82, 2.24) is 19.1 Å². The molecule has 0 radical (unpaired) electrons. The number of nitrogens with zero attached hydrogens (tertiary/aromatic N) is 4. The third kappa shape index (κ3) is 2.60. The lowest BCUT2D eigenvalue weighted by Gasteiger charge is -2.16. The van der Waals surface area contributed by atoms with E-state index in [2.05, 4.69) is 10.1 Å². The van der Waals surface area contributed by atoms with Crippen LogP contribution < -0.4 is 0 Å². The number of sulfonamides is 1. The second-order valence-electron chi connectivity index (χ2n) is 4.97. The van der Waals surface area contributed by atoms with E-state index in [-0.39, 0.29) is 10.5 Å². The zero-order chi connectivity index (χ0) is 15.7. The van der Waals surface area contributed by atoms with Crippen molar-refractivity contribution in [3.8, 4) is 5.69 Å². The number of hydrogen-bond acceptors (Lipinski definition) is 5. The third-order valence-corrected chi connectivity index (χ3v) is 5.40. The molecule has 1 aromatic heterocycles. The molecule has 0 unspecified atom stereocenters. The van der Waals surface area contributed by atoms with E-state index in [4.69, 9.17) is 0 Å². The molecule has 1 aliphatic rings. The van der Waals surface area contributed by atoms with Crippen molar-refractivity contribution in [2.75, 3.05) is 13.1 Å². The molecular weight excluding hydrogens is 308 g/mol. The summed E-state index contributed by atoms with van der Waals surface area (Å²) in [7, 11) is -3.70. The van der Waals surface area contributed by atoms with Gasteiger partial charge < -0.3 is 5.11 Å². The van der Waals surface area contributed by atoms with E-state index < -0.39 is 16.0 Å². The summed E-state index contributed by atoms with van der Waals surface area (Å²) in [4.78, 5) is 15.0. The first kappa shape index (κ1) is 14.7. The van der Waals surface area contributed by atoms with Crippen molar-refractivity contribution >= 4 is 16.0 Å². The van der Waals surface area contributed by atoms with E-state index >= 15 is 0 Å². The highest BCUT2D eigenvalue weighted by Crippen LogP contribution is 2.24. The predicted molar refractivity (Wildman–Crippen MR) is 76.3 cm³/mol. The molecule has 2 heterocycles. The number of carboxylic acid groups (broad SMARTS) is 1. The fourth-order valence-corrected chi connectivity index (χ4v) is 3.99. The number of aromatic nitrogens is 3. The maximum absolute atomic E-state index is 12.6. The molecule has 0 saturated carbocycles. The molecule has 1 N–H and O–H groups in total. The van der Waals surface area contributed by atoms with Crippen LogP contribution in [0.4, 0.5) is 0 Å². The van der Waals surface area contributed by atoms with E-state index in [0.717, 1.165) is 12.8 Å². The summed E-state index contributed by atoms with van der Waals surface area (Å²) >= 11 is 0. The molecule has 3 rings (SSSR count). The van der Waals surface area contributed by atoms with Gasteiger partial charge in [-0.2, -0.15) is 9.40 Å². The van der Waals surface area contributed by atoms with Gasteiger partial charge in [0.15, 0.2) is 0 Å². The van der Waals surface area contributed by atoms with Crippen molar-refractivity contribution in [3.63, 3.8) is 0 Å². The molecule has 9 heteroatoms. The Balaban J connectivity index is 2.13. The number of rotatable bonds is 4. The van der Waals surface area contributed by atoms with Gasteiger partial charge in [0, 0.05) is 13.1 Å². The van der Waals surface area contributed by atoms with Gasteiger partial charge in [0.25, 0.3) is 0 Å². The smallest absolute Gasteiger partial charge is 0.335 e. The molecule has 8 nitrogen and oxygen atoms in total. The van der Waals surface area contributed by atoms with Gasteiger partial charge in [0.05, 0.1) is 16.1 Å². The van der Waals surface area contributed by atoms with Crippen molar-refractivity contribution in [3.05, 3.63) is 36.4 Å². The van der Waals surface area contributed by atoms with Crippen LogP contribution in [0.2, 0.25) is 0 Å². The van der Waals surface area contributed by atoms with Gasteiger partial charge >= 0.3 is 5.97 Å². The van der Waals surface area contributed by atoms with E-state index in [1.165, 1.54) is 39.8 Å². The quantitative estimate of drug-likeness (QED) is 0.890. The highest BCUT2D eigenvalue weighted by atomic mass is 32.2. The fourth-order valence-electron chi connectivity index (χ4n) is 2.41. The lowest BCUT2D eigenvalue weighted by Crippen LogP contribution is -2.28. The molecule has 1 saturated heterocycles. The average molecular weight is 322 g/mol. The maximum atomic E-state index is 12.6. The monoisotopic (exact) mass is 322 g/mol. The third-order valence-electron chi connectivity index (χ3n) is 3.52. The Morgan fingerprint density at radius 2 is 1.91 bits per heavy atom. The molecule has 1 fully saturated rings. The molecule has 0 amide bonds. The van der Waals surface area contributed by atoms with Crippen LogP contribution >= 0.6 is 0 Å². The molecule has 0 spiro atoms. The van der Waals surface area contributed by atoms with Gasteiger partial charge in [0.1, 0.15) is 12.7 Å². The SMILES string of the molecule is O=C(O)c1cc(-n2cncn2)cc(S(=O)(=O)N2CCCC2)c1. The van der Waals surface area contributed by atoms with Gasteiger partial charge in [-0.05, 0) is 31.0 Å². The molecule has 1 aliphatic heterocycles. The van der Waals surface area contributed by atoms with Crippen molar-refractivity contribution in [2.45, 2.75) is 17.7 Å². The number of benzene rings is 1. The Hall–Kier alpha value is -2.26. The van der Waals surface area contributed by atoms with Crippen LogP contribution in [0, 0.1) is 0 Å². The summed E-state index contributed by atoms with van der Waals surface area (Å²) in [5.41, 5.74) is 0.237. The minimum absolute atomic E-state index is 0.0419. The minimum atomic E-state index is -3.70. The topological polar surface area (TPSA) is 105 Å². The van der Waals surface area contributed by atoms with Crippen LogP contribution in [0.15, 0.2) is 35.7 Å². The van der Waals surface area contributed by atoms with Gasteiger partial charge in [0.2, 0.25) is 10.0 Å². The van der Waals surface area contributed by atoms with Gasteiger partial charge in [-0.1, -0.05) is 0 Å². The number of hydrogen-bond donors (Lipinski definition) is 1. The molecule has 22 heavy (non-hydrogen) atoms. The second-order valence-corrected chi connectivity index (χ2v) is 6.91. The predicted octanol–water partition coefficient (Wildman–Crippen LogP) is 0.750. The van der Waals surface area contributed by atoms with E-state index in [1.807, 2.05) is 0 Å². The summed E-state index contributed by atoms with van der Waals surface area (Å²) in [6.45, 7) is 0.913. The first-order valence-electron chi connectivity index (χ1n) is 6.72. The normalized spacial score (nSPS) is 16.0. The molecular formula is C13H14N4O4S. The maximum Gasteiger partial charge on any atom is 0.335 e. The molecule has 0 atom stereocenters. The Labute approximate surface area is 127 Å². The first-order valence-corrected chi connectivity index (χ1v) is 8.16. The number of carboxylic acids is 1. The van der Waals surface area contributed by atoms with Crippen LogP contribution in [0.1, 0.15) is 23.2 Å². The van der Waals surface area contributed by atoms with Gasteiger partial charge in [-0.3, -0.25) is 0 Å². The van der Waals surface area contributed by atoms with E-state index in [9.17, 15) is 18.3 Å². The highest BCUT2D eigenvalue weighted by molar-refractivity contribution is 7.89. The standard InChI is InChI=1S/C13H14N4O4S/c18-13(19)10-5-11(17-9-14-8-15-17)7-12(6-10)22(20,21)16-3-1-2-4-16/h5-9H,1-4H2,(H,18,19). The Morgan fingerprint density at radius 3 is 2.50 bits per heavy atom. The summed E-state index contributed by atoms with van der Waals surface area (Å²) in [6.07, 6.45) is 4.30. The van der Waals surface area contributed by atoms with Crippen molar-refractivity contribution in [1.29, 1.82) is 0 Å². The van der Waals surface area contributed by atoms with Gasteiger partial charge in [-0.25, -0.2) is 22.9 Å². The van der Waals surface area contributed by atoms with Crippen LogP contribution in [-0.4, -0.2) is 51.7 Å². The lowest BCUT2D eigenvalue weighted by molar-refractivity contribution is 0.0696. The first-order chi connectivity index (χ1) is 10.5. The largest absolute Gasteiger partial charge is 0.478 e. The highest BCUT2D eigenvalue weighted by Gasteiger charge is 2.28. The average Bonchev–Trinajstić information content (AvgIpc) is 3.20. The fraction of sp³-hybridized carbons (Fsp3) is 0.308. The van der Waals surface area contributed by atoms with E-state index in [0.29, 0.717) is 18.8 Å². The summed E-state index contributed by atoms with van der Waals surface area (Å²) in [5, 5.41) is 13.1. The molecule has 0 aliphatic carbocycles. The van der Waals surface area contributed by atoms with Crippen molar-refractivity contribution in [2.24, 2.45) is 0 Å². The second kappa shape index (κ2) is 5.50. The summed E-state index contributed by atoms with van der Waals surface area (Å²) in [6, 6.07) is 3.95. The summed E-state index contributed by atoms with van der Waals surface area (Å²) < 4.78 is 27.9. The number of carbonyl (C=O) groups is 1. The van der Waals surface area contributed by atoms with Crippen LogP contribution in [0.3, 0.4) is 0 Å². The van der Waals surface area contributed by atoms with Gasteiger partial charge in [-0.15, -0.1) is 0 Å². The molecule has 2 aromatic rings. The van der Waals surface area contributed by atoms with Crippen LogP contribution in [0.25, 0.3) is 5.69 Å². The molecule has 1 aromatic carbocycles. The van der Waals surface area contributed by atoms with E-state index in [1.54, 1.807) is 0 Å². The minimum Gasteiger partial charge on any atom is -0.478 e. The van der Waals surface area contributed by atoms with Crippen LogP contribution in [-0.2, 0) is 10.0 Å². The summed E-state index contributed by atoms with van der Waals surface area (Å²) in [5.74, 6) is -1.19. The lowest BCUT2D eigenvalue weighted by atomic mass is 10.2.